The summed E-state index contributed by atoms with van der Waals surface area (Å²) in [4.78, 5) is 5.78. The first kappa shape index (κ1) is 16.2. The van der Waals surface area contributed by atoms with Crippen molar-refractivity contribution >= 4 is 49.3 Å². The van der Waals surface area contributed by atoms with Crippen LogP contribution in [0.2, 0.25) is 0 Å². The minimum Gasteiger partial charge on any atom is -0.394 e. The molecule has 1 atom stereocenters. The number of thioether (sulfide) groups is 1. The van der Waals surface area contributed by atoms with Gasteiger partial charge in [0.2, 0.25) is 0 Å². The average Bonchev–Trinajstić information content (AvgIpc) is 3.07. The summed E-state index contributed by atoms with van der Waals surface area (Å²) in [6.07, 6.45) is 2.46. The van der Waals surface area contributed by atoms with E-state index < -0.39 is 0 Å². The van der Waals surface area contributed by atoms with Crippen LogP contribution in [0.5, 0.6) is 0 Å². The van der Waals surface area contributed by atoms with Crippen molar-refractivity contribution in [2.45, 2.75) is 39.3 Å². The van der Waals surface area contributed by atoms with Gasteiger partial charge < -0.3 is 10.4 Å². The number of aromatic nitrogens is 3. The van der Waals surface area contributed by atoms with Gasteiger partial charge in [0.05, 0.1) is 23.4 Å². The molecule has 4 heterocycles. The van der Waals surface area contributed by atoms with Crippen molar-refractivity contribution < 1.29 is 5.11 Å². The number of hydrogen-bond acceptors (Lipinski definition) is 6. The van der Waals surface area contributed by atoms with Gasteiger partial charge in [-0.05, 0) is 44.1 Å². The lowest BCUT2D eigenvalue weighted by Crippen LogP contribution is -2.26. The SMILES string of the molecule is Cc1cc(C)c2c(n1)sc1c(NC3CCCSC3)nn(CCO)c12. The first-order valence-corrected chi connectivity index (χ1v) is 10.4. The van der Waals surface area contributed by atoms with Crippen molar-refractivity contribution in [3.8, 4) is 0 Å². The lowest BCUT2D eigenvalue weighted by Gasteiger charge is -2.22. The van der Waals surface area contributed by atoms with Gasteiger partial charge in [0.25, 0.3) is 0 Å². The fourth-order valence-corrected chi connectivity index (χ4v) is 5.76. The maximum atomic E-state index is 9.44. The second-order valence-corrected chi connectivity index (χ2v) is 8.54. The summed E-state index contributed by atoms with van der Waals surface area (Å²) in [5.41, 5.74) is 3.38. The van der Waals surface area contributed by atoms with E-state index in [0.717, 1.165) is 32.3 Å². The Hall–Kier alpha value is -1.31. The Morgan fingerprint density at radius 3 is 3.04 bits per heavy atom. The predicted molar refractivity (Wildman–Crippen MR) is 103 cm³/mol. The molecule has 0 radical (unpaired) electrons. The molecule has 1 aliphatic heterocycles. The number of anilines is 1. The molecule has 1 aliphatic rings. The van der Waals surface area contributed by atoms with Crippen LogP contribution in [0.4, 0.5) is 5.82 Å². The van der Waals surface area contributed by atoms with Crippen LogP contribution in [0.25, 0.3) is 20.4 Å². The molecular formula is C17H22N4OS2. The van der Waals surface area contributed by atoms with Crippen molar-refractivity contribution in [1.82, 2.24) is 14.8 Å². The summed E-state index contributed by atoms with van der Waals surface area (Å²) in [5.74, 6) is 3.35. The zero-order valence-electron chi connectivity index (χ0n) is 14.0. The van der Waals surface area contributed by atoms with E-state index >= 15 is 0 Å². The fourth-order valence-electron chi connectivity index (χ4n) is 3.44. The number of hydrogen-bond donors (Lipinski definition) is 2. The van der Waals surface area contributed by atoms with Crippen molar-refractivity contribution in [3.63, 3.8) is 0 Å². The Balaban J connectivity index is 1.86. The van der Waals surface area contributed by atoms with Crippen LogP contribution < -0.4 is 5.32 Å². The van der Waals surface area contributed by atoms with Gasteiger partial charge in [-0.2, -0.15) is 16.9 Å². The molecule has 1 saturated heterocycles. The summed E-state index contributed by atoms with van der Waals surface area (Å²) in [6.45, 7) is 4.77. The molecule has 1 fully saturated rings. The smallest absolute Gasteiger partial charge is 0.166 e. The number of aliphatic hydroxyl groups is 1. The van der Waals surface area contributed by atoms with Gasteiger partial charge in [-0.1, -0.05) is 0 Å². The first-order chi connectivity index (χ1) is 11.7. The lowest BCUT2D eigenvalue weighted by atomic mass is 10.1. The standard InChI is InChI=1S/C17H22N4OS2/c1-10-8-11(2)18-17-13(10)14-15(24-17)16(20-21(14)5-6-22)19-12-4-3-7-23-9-12/h8,12,22H,3-7,9H2,1-2H3,(H,19,20). The molecule has 3 aromatic heterocycles. The van der Waals surface area contributed by atoms with Gasteiger partial charge in [0.15, 0.2) is 5.82 Å². The zero-order valence-corrected chi connectivity index (χ0v) is 15.6. The number of pyridine rings is 1. The summed E-state index contributed by atoms with van der Waals surface area (Å²) >= 11 is 3.71. The molecule has 1 unspecified atom stereocenters. The lowest BCUT2D eigenvalue weighted by molar-refractivity contribution is 0.272. The molecule has 0 aliphatic carbocycles. The van der Waals surface area contributed by atoms with Crippen LogP contribution in [0.1, 0.15) is 24.1 Å². The molecule has 24 heavy (non-hydrogen) atoms. The molecule has 0 aromatic carbocycles. The number of aryl methyl sites for hydroxylation is 2. The van der Waals surface area contributed by atoms with Gasteiger partial charge in [-0.3, -0.25) is 4.68 Å². The van der Waals surface area contributed by atoms with E-state index in [-0.39, 0.29) is 6.61 Å². The highest BCUT2D eigenvalue weighted by Gasteiger charge is 2.22. The predicted octanol–water partition coefficient (Wildman–Crippen LogP) is 3.56. The van der Waals surface area contributed by atoms with Crippen molar-refractivity contribution in [1.29, 1.82) is 0 Å². The molecule has 5 nitrogen and oxygen atoms in total. The topological polar surface area (TPSA) is 63.0 Å². The van der Waals surface area contributed by atoms with Gasteiger partial charge in [-0.25, -0.2) is 4.98 Å². The number of aliphatic hydroxyl groups excluding tert-OH is 1. The van der Waals surface area contributed by atoms with Gasteiger partial charge in [0, 0.05) is 22.9 Å². The average molecular weight is 363 g/mol. The van der Waals surface area contributed by atoms with Gasteiger partial charge in [-0.15, -0.1) is 11.3 Å². The molecule has 2 N–H and O–H groups in total. The Bertz CT molecular complexity index is 880. The maximum Gasteiger partial charge on any atom is 0.166 e. The molecule has 0 spiro atoms. The van der Waals surface area contributed by atoms with E-state index in [1.54, 1.807) is 11.3 Å². The van der Waals surface area contributed by atoms with Crippen LogP contribution in [0.15, 0.2) is 6.07 Å². The third kappa shape index (κ3) is 2.78. The van der Waals surface area contributed by atoms with E-state index in [1.807, 2.05) is 23.4 Å². The molecule has 0 amide bonds. The minimum absolute atomic E-state index is 0.0885. The second-order valence-electron chi connectivity index (χ2n) is 6.39. The third-order valence-corrected chi connectivity index (χ3v) is 6.76. The van der Waals surface area contributed by atoms with E-state index in [4.69, 9.17) is 10.1 Å². The Morgan fingerprint density at radius 2 is 2.29 bits per heavy atom. The van der Waals surface area contributed by atoms with Crippen molar-refractivity contribution in [3.05, 3.63) is 17.3 Å². The first-order valence-electron chi connectivity index (χ1n) is 8.40. The minimum atomic E-state index is 0.0885. The van der Waals surface area contributed by atoms with Gasteiger partial charge >= 0.3 is 0 Å². The molecule has 3 aromatic rings. The Labute approximate surface area is 149 Å². The molecule has 0 saturated carbocycles. The number of thiophene rings is 1. The number of rotatable bonds is 4. The van der Waals surface area contributed by atoms with Crippen molar-refractivity contribution in [2.24, 2.45) is 0 Å². The third-order valence-electron chi connectivity index (χ3n) is 4.47. The fraction of sp³-hybridized carbons (Fsp3) is 0.529. The van der Waals surface area contributed by atoms with Gasteiger partial charge in [0.1, 0.15) is 4.83 Å². The van der Waals surface area contributed by atoms with Crippen LogP contribution in [0, 0.1) is 13.8 Å². The van der Waals surface area contributed by atoms with E-state index in [9.17, 15) is 5.11 Å². The number of nitrogens with zero attached hydrogens (tertiary/aromatic N) is 3. The van der Waals surface area contributed by atoms with Crippen LogP contribution in [-0.4, -0.2) is 44.0 Å². The number of nitrogens with one attached hydrogen (secondary N) is 1. The van der Waals surface area contributed by atoms with E-state index in [2.05, 4.69) is 18.3 Å². The zero-order chi connectivity index (χ0) is 16.7. The Kier molecular flexibility index (Phi) is 4.40. The summed E-state index contributed by atoms with van der Waals surface area (Å²) < 4.78 is 3.10. The van der Waals surface area contributed by atoms with E-state index in [1.165, 1.54) is 29.5 Å². The number of fused-ring (bicyclic) bond motifs is 3. The summed E-state index contributed by atoms with van der Waals surface area (Å²) in [7, 11) is 0. The molecule has 7 heteroatoms. The van der Waals surface area contributed by atoms with Crippen LogP contribution in [-0.2, 0) is 6.54 Å². The molecule has 4 rings (SSSR count). The second kappa shape index (κ2) is 6.54. The van der Waals surface area contributed by atoms with Crippen LogP contribution >= 0.6 is 23.1 Å². The normalized spacial score (nSPS) is 18.5. The highest BCUT2D eigenvalue weighted by molar-refractivity contribution is 7.99. The molecule has 128 valence electrons. The monoisotopic (exact) mass is 362 g/mol. The summed E-state index contributed by atoms with van der Waals surface area (Å²) in [5, 5.41) is 19.0. The van der Waals surface area contributed by atoms with Crippen molar-refractivity contribution in [2.75, 3.05) is 23.4 Å². The highest BCUT2D eigenvalue weighted by Crippen LogP contribution is 2.39. The maximum absolute atomic E-state index is 9.44. The Morgan fingerprint density at radius 1 is 1.42 bits per heavy atom. The summed E-state index contributed by atoms with van der Waals surface area (Å²) in [6, 6.07) is 2.60. The van der Waals surface area contributed by atoms with Crippen LogP contribution in [0.3, 0.4) is 0 Å². The molecule has 0 bridgehead atoms. The largest absolute Gasteiger partial charge is 0.394 e. The molecular weight excluding hydrogens is 340 g/mol. The quantitative estimate of drug-likeness (QED) is 0.743. The highest BCUT2D eigenvalue weighted by atomic mass is 32.2. The van der Waals surface area contributed by atoms with E-state index in [0.29, 0.717) is 12.6 Å².